The van der Waals surface area contributed by atoms with E-state index in [1.807, 2.05) is 36.4 Å². The molecule has 0 aromatic heterocycles. The van der Waals surface area contributed by atoms with Gasteiger partial charge in [0.25, 0.3) is 11.1 Å². The number of unbranched alkanes of at least 4 members (excludes halogenated alkanes) is 2. The van der Waals surface area contributed by atoms with Crippen molar-refractivity contribution in [1.82, 2.24) is 5.32 Å². The minimum atomic E-state index is -0.701. The van der Waals surface area contributed by atoms with Gasteiger partial charge in [-0.2, -0.15) is 0 Å². The molecule has 9 heteroatoms. The van der Waals surface area contributed by atoms with Crippen molar-refractivity contribution in [1.29, 1.82) is 0 Å². The van der Waals surface area contributed by atoms with Gasteiger partial charge in [-0.15, -0.1) is 0 Å². The van der Waals surface area contributed by atoms with Gasteiger partial charge in [0.1, 0.15) is 5.75 Å². The SMILES string of the molecule is O=C(CCCCc1ccccc1)Oc1ccc(/C=C2\SC(=O)NC2=O)cc1Br.O=C(O)CCCCc1ccccc1. The number of amides is 2. The number of halogens is 1. The maximum Gasteiger partial charge on any atom is 0.311 e. The maximum absolute atomic E-state index is 12.1. The van der Waals surface area contributed by atoms with Gasteiger partial charge in [0.05, 0.1) is 9.38 Å². The van der Waals surface area contributed by atoms with Crippen LogP contribution in [0.25, 0.3) is 6.08 Å². The number of aryl methyl sites for hydroxylation is 2. The number of carbonyl (C=O) groups is 4. The lowest BCUT2D eigenvalue weighted by atomic mass is 10.1. The number of imide groups is 1. The first-order valence-electron chi connectivity index (χ1n) is 13.3. The minimum Gasteiger partial charge on any atom is -0.481 e. The number of rotatable bonds is 12. The standard InChI is InChI=1S/C21H18BrNO4S.C11H14O2/c22-16-12-15(13-18-20(25)23-21(26)28-18)10-11-17(16)27-19(24)9-5-4-8-14-6-2-1-3-7-14;12-11(13)9-5-4-8-10-6-2-1-3-7-10/h1-3,6-7,10-13H,4-5,8-9H2,(H,23,25,26);1-3,6-7H,4-5,8-9H2,(H,12,13)/b18-13-;. The second-order valence-electron chi connectivity index (χ2n) is 9.30. The van der Waals surface area contributed by atoms with E-state index in [9.17, 15) is 19.2 Å². The Kier molecular flexibility index (Phi) is 13.4. The maximum atomic E-state index is 12.1. The quantitative estimate of drug-likeness (QED) is 0.0911. The van der Waals surface area contributed by atoms with Gasteiger partial charge in [0, 0.05) is 12.8 Å². The molecule has 7 nitrogen and oxygen atoms in total. The molecule has 2 amide bonds. The lowest BCUT2D eigenvalue weighted by molar-refractivity contribution is -0.137. The van der Waals surface area contributed by atoms with Gasteiger partial charge in [-0.05, 0) is 101 Å². The number of carbonyl (C=O) groups excluding carboxylic acids is 3. The molecule has 0 atom stereocenters. The summed E-state index contributed by atoms with van der Waals surface area (Å²) in [7, 11) is 0. The molecule has 4 rings (SSSR count). The molecule has 0 spiro atoms. The van der Waals surface area contributed by atoms with Crippen molar-refractivity contribution >= 4 is 56.9 Å². The fourth-order valence-corrected chi connectivity index (χ4v) is 5.09. The fourth-order valence-electron chi connectivity index (χ4n) is 3.93. The predicted octanol–water partition coefficient (Wildman–Crippen LogP) is 7.58. The van der Waals surface area contributed by atoms with E-state index in [0.29, 0.717) is 21.5 Å². The molecule has 0 saturated carbocycles. The number of benzene rings is 3. The zero-order valence-corrected chi connectivity index (χ0v) is 24.9. The Hall–Kier alpha value is -3.69. The average molecular weight is 639 g/mol. The molecule has 0 unspecified atom stereocenters. The molecule has 0 aliphatic carbocycles. The van der Waals surface area contributed by atoms with Gasteiger partial charge in [0.15, 0.2) is 0 Å². The molecule has 0 bridgehead atoms. The van der Waals surface area contributed by atoms with E-state index in [1.54, 1.807) is 24.3 Å². The Labute approximate surface area is 252 Å². The molecule has 2 N–H and O–H groups in total. The zero-order valence-electron chi connectivity index (χ0n) is 22.5. The van der Waals surface area contributed by atoms with Gasteiger partial charge in [-0.25, -0.2) is 0 Å². The van der Waals surface area contributed by atoms with Crippen LogP contribution in [0.5, 0.6) is 5.75 Å². The van der Waals surface area contributed by atoms with Crippen molar-refractivity contribution in [2.75, 3.05) is 0 Å². The highest BCUT2D eigenvalue weighted by atomic mass is 79.9. The predicted molar refractivity (Wildman–Crippen MR) is 165 cm³/mol. The minimum absolute atomic E-state index is 0.281. The summed E-state index contributed by atoms with van der Waals surface area (Å²) >= 11 is 4.24. The number of hydrogen-bond donors (Lipinski definition) is 2. The number of thioether (sulfide) groups is 1. The second kappa shape index (κ2) is 17.2. The Morgan fingerprint density at radius 1 is 0.829 bits per heavy atom. The van der Waals surface area contributed by atoms with Crippen molar-refractivity contribution < 1.29 is 29.0 Å². The van der Waals surface area contributed by atoms with Crippen LogP contribution in [0.1, 0.15) is 55.2 Å². The molecule has 0 radical (unpaired) electrons. The Bertz CT molecular complexity index is 1360. The zero-order chi connectivity index (χ0) is 29.5. The highest BCUT2D eigenvalue weighted by Crippen LogP contribution is 2.30. The number of aliphatic carboxylic acids is 1. The molecular formula is C32H32BrNO6S. The highest BCUT2D eigenvalue weighted by molar-refractivity contribution is 9.10. The third-order valence-corrected chi connectivity index (χ3v) is 7.44. The third-order valence-electron chi connectivity index (χ3n) is 6.01. The van der Waals surface area contributed by atoms with Gasteiger partial charge in [0.2, 0.25) is 0 Å². The molecule has 1 fully saturated rings. The van der Waals surface area contributed by atoms with Gasteiger partial charge < -0.3 is 9.84 Å². The molecular weight excluding hydrogens is 606 g/mol. The second-order valence-corrected chi connectivity index (χ2v) is 11.2. The van der Waals surface area contributed by atoms with Crippen molar-refractivity contribution in [3.05, 3.63) is 105 Å². The molecule has 1 heterocycles. The first-order chi connectivity index (χ1) is 19.8. The molecule has 3 aromatic carbocycles. The van der Waals surface area contributed by atoms with Crippen molar-refractivity contribution in [3.8, 4) is 5.75 Å². The first-order valence-corrected chi connectivity index (χ1v) is 15.0. The average Bonchev–Trinajstić information content (AvgIpc) is 3.28. The molecule has 3 aromatic rings. The number of ether oxygens (including phenoxy) is 1. The summed E-state index contributed by atoms with van der Waals surface area (Å²) in [6, 6.07) is 25.4. The normalized spacial score (nSPS) is 13.3. The molecule has 41 heavy (non-hydrogen) atoms. The van der Waals surface area contributed by atoms with Crippen LogP contribution in [0, 0.1) is 0 Å². The number of nitrogens with one attached hydrogen (secondary N) is 1. The van der Waals surface area contributed by atoms with E-state index in [4.69, 9.17) is 9.84 Å². The Morgan fingerprint density at radius 3 is 1.93 bits per heavy atom. The third kappa shape index (κ3) is 12.2. The first kappa shape index (κ1) is 31.8. The van der Waals surface area contributed by atoms with E-state index in [0.717, 1.165) is 55.9 Å². The van der Waals surface area contributed by atoms with Crippen molar-refractivity contribution in [2.45, 2.75) is 51.4 Å². The molecule has 1 aliphatic heterocycles. The number of carboxylic acid groups (broad SMARTS) is 1. The molecule has 214 valence electrons. The van der Waals surface area contributed by atoms with Crippen LogP contribution in [0.15, 0.2) is 88.2 Å². The van der Waals surface area contributed by atoms with Crippen molar-refractivity contribution in [3.63, 3.8) is 0 Å². The summed E-state index contributed by atoms with van der Waals surface area (Å²) in [4.78, 5) is 45.4. The van der Waals surface area contributed by atoms with E-state index in [2.05, 4.69) is 45.5 Å². The number of hydrogen-bond acceptors (Lipinski definition) is 6. The fraction of sp³-hybridized carbons (Fsp3) is 0.250. The summed E-state index contributed by atoms with van der Waals surface area (Å²) in [5.74, 6) is -0.962. The smallest absolute Gasteiger partial charge is 0.311 e. The van der Waals surface area contributed by atoms with Gasteiger partial charge >= 0.3 is 11.9 Å². The highest BCUT2D eigenvalue weighted by Gasteiger charge is 2.25. The Balaban J connectivity index is 0.000000298. The number of carboxylic acids is 1. The monoisotopic (exact) mass is 637 g/mol. The van der Waals surface area contributed by atoms with Crippen LogP contribution in [0.3, 0.4) is 0 Å². The van der Waals surface area contributed by atoms with Crippen LogP contribution in [0.4, 0.5) is 4.79 Å². The van der Waals surface area contributed by atoms with E-state index in [-0.39, 0.29) is 17.6 Å². The summed E-state index contributed by atoms with van der Waals surface area (Å²) in [6.07, 6.45) is 7.58. The van der Waals surface area contributed by atoms with Crippen LogP contribution >= 0.6 is 27.7 Å². The summed E-state index contributed by atoms with van der Waals surface area (Å²) in [6.45, 7) is 0. The summed E-state index contributed by atoms with van der Waals surface area (Å²) < 4.78 is 6.02. The largest absolute Gasteiger partial charge is 0.481 e. The van der Waals surface area contributed by atoms with E-state index >= 15 is 0 Å². The van der Waals surface area contributed by atoms with Crippen LogP contribution in [0.2, 0.25) is 0 Å². The van der Waals surface area contributed by atoms with Gasteiger partial charge in [-0.3, -0.25) is 24.5 Å². The Morgan fingerprint density at radius 2 is 1.41 bits per heavy atom. The summed E-state index contributed by atoms with van der Waals surface area (Å²) in [5.41, 5.74) is 3.27. The lowest BCUT2D eigenvalue weighted by Gasteiger charge is -2.07. The summed E-state index contributed by atoms with van der Waals surface area (Å²) in [5, 5.41) is 10.2. The van der Waals surface area contributed by atoms with Crippen LogP contribution in [-0.4, -0.2) is 28.2 Å². The number of esters is 1. The molecule has 1 aliphatic rings. The van der Waals surface area contributed by atoms with Crippen LogP contribution in [-0.2, 0) is 27.2 Å². The van der Waals surface area contributed by atoms with Gasteiger partial charge in [-0.1, -0.05) is 66.7 Å². The lowest BCUT2D eigenvalue weighted by Crippen LogP contribution is -2.17. The van der Waals surface area contributed by atoms with Crippen molar-refractivity contribution in [2.24, 2.45) is 0 Å². The van der Waals surface area contributed by atoms with Crippen LogP contribution < -0.4 is 10.1 Å². The molecule has 1 saturated heterocycles. The topological polar surface area (TPSA) is 110 Å². The van der Waals surface area contributed by atoms with E-state index < -0.39 is 11.9 Å². The van der Waals surface area contributed by atoms with E-state index in [1.165, 1.54) is 11.1 Å².